The van der Waals surface area contributed by atoms with Crippen molar-refractivity contribution < 1.29 is 0 Å². The van der Waals surface area contributed by atoms with Gasteiger partial charge in [-0.15, -0.1) is 0 Å². The minimum atomic E-state index is 0.508. The Labute approximate surface area is 68.0 Å². The summed E-state index contributed by atoms with van der Waals surface area (Å²) in [4.78, 5) is 15.7. The molecule has 3 N–H and O–H groups in total. The number of imidazole rings is 1. The summed E-state index contributed by atoms with van der Waals surface area (Å²) in [6, 6.07) is 0. The molecule has 3 rings (SSSR count). The molecule has 1 aliphatic heterocycles. The maximum atomic E-state index is 5.68. The van der Waals surface area contributed by atoms with E-state index in [2.05, 4.69) is 19.9 Å². The zero-order valence-electron chi connectivity index (χ0n) is 6.33. The summed E-state index contributed by atoms with van der Waals surface area (Å²) in [7, 11) is 0. The predicted molar refractivity (Wildman–Crippen MR) is 43.5 cm³/mol. The molecule has 3 bridgehead atoms. The number of H-pyrrole nitrogens is 1. The molecule has 12 heavy (non-hydrogen) atoms. The lowest BCUT2D eigenvalue weighted by Gasteiger charge is -2.01. The Morgan fingerprint density at radius 1 is 1.17 bits per heavy atom. The molecule has 0 saturated carbocycles. The minimum Gasteiger partial charge on any atom is -0.382 e. The zero-order valence-corrected chi connectivity index (χ0v) is 6.33. The van der Waals surface area contributed by atoms with E-state index < -0.39 is 0 Å². The summed E-state index contributed by atoms with van der Waals surface area (Å²) in [5.74, 6) is 2.26. The van der Waals surface area contributed by atoms with Crippen molar-refractivity contribution in [3.8, 4) is 0 Å². The van der Waals surface area contributed by atoms with Crippen LogP contribution < -0.4 is 5.73 Å². The van der Waals surface area contributed by atoms with Crippen LogP contribution in [0.5, 0.6) is 0 Å². The van der Waals surface area contributed by atoms with E-state index in [4.69, 9.17) is 5.73 Å². The lowest BCUT2D eigenvalue weighted by molar-refractivity contribution is 0.841. The molecule has 0 radical (unpaired) electrons. The van der Waals surface area contributed by atoms with E-state index in [1.165, 1.54) is 0 Å². The van der Waals surface area contributed by atoms with E-state index in [1.54, 1.807) is 0 Å². The van der Waals surface area contributed by atoms with Crippen LogP contribution >= 0.6 is 0 Å². The molecule has 0 amide bonds. The molecule has 0 aromatic carbocycles. The first-order valence-corrected chi connectivity index (χ1v) is 3.84. The SMILES string of the molecule is Nc1nc2nc3nc([nH]c13)CC2. The van der Waals surface area contributed by atoms with Crippen LogP contribution in [-0.2, 0) is 12.8 Å². The number of hydrogen-bond donors (Lipinski definition) is 2. The quantitative estimate of drug-likeness (QED) is 0.571. The highest BCUT2D eigenvalue weighted by molar-refractivity contribution is 5.81. The lowest BCUT2D eigenvalue weighted by atomic mass is 10.3. The topological polar surface area (TPSA) is 80.5 Å². The van der Waals surface area contributed by atoms with Crippen LogP contribution in [0.25, 0.3) is 11.2 Å². The molecular formula is C7H7N5. The number of hydrogen-bond acceptors (Lipinski definition) is 4. The number of rotatable bonds is 0. The van der Waals surface area contributed by atoms with Gasteiger partial charge in [-0.1, -0.05) is 0 Å². The first-order chi connectivity index (χ1) is 5.83. The van der Waals surface area contributed by atoms with Gasteiger partial charge in [-0.3, -0.25) is 0 Å². The number of nitrogens with two attached hydrogens (primary N) is 1. The van der Waals surface area contributed by atoms with Crippen molar-refractivity contribution >= 4 is 17.0 Å². The van der Waals surface area contributed by atoms with Gasteiger partial charge in [0.2, 0.25) is 0 Å². The van der Waals surface area contributed by atoms with Gasteiger partial charge in [0, 0.05) is 12.8 Å². The monoisotopic (exact) mass is 161 g/mol. The van der Waals surface area contributed by atoms with Crippen molar-refractivity contribution in [2.45, 2.75) is 12.8 Å². The second kappa shape index (κ2) is 1.74. The maximum Gasteiger partial charge on any atom is 0.183 e. The van der Waals surface area contributed by atoms with E-state index in [0.29, 0.717) is 11.5 Å². The van der Waals surface area contributed by atoms with Crippen molar-refractivity contribution in [1.29, 1.82) is 0 Å². The van der Waals surface area contributed by atoms with Gasteiger partial charge >= 0.3 is 0 Å². The van der Waals surface area contributed by atoms with Gasteiger partial charge in [-0.05, 0) is 0 Å². The van der Waals surface area contributed by atoms with Crippen molar-refractivity contribution in [1.82, 2.24) is 19.9 Å². The predicted octanol–water partition coefficient (Wildman–Crippen LogP) is 0.0337. The molecule has 60 valence electrons. The number of aromatic nitrogens is 4. The Hall–Kier alpha value is -1.65. The number of aryl methyl sites for hydroxylation is 2. The molecule has 2 aromatic heterocycles. The van der Waals surface area contributed by atoms with Crippen molar-refractivity contribution in [2.24, 2.45) is 0 Å². The van der Waals surface area contributed by atoms with Gasteiger partial charge in [0.15, 0.2) is 11.5 Å². The normalized spacial score (nSPS) is 14.3. The van der Waals surface area contributed by atoms with Gasteiger partial charge in [0.25, 0.3) is 0 Å². The van der Waals surface area contributed by atoms with Crippen LogP contribution in [0.15, 0.2) is 0 Å². The van der Waals surface area contributed by atoms with E-state index in [1.807, 2.05) is 0 Å². The van der Waals surface area contributed by atoms with Crippen molar-refractivity contribution in [3.63, 3.8) is 0 Å². The summed E-state index contributed by atoms with van der Waals surface area (Å²) in [6.45, 7) is 0. The Balaban J connectivity index is 2.58. The fraction of sp³-hybridized carbons (Fsp3) is 0.286. The fourth-order valence-electron chi connectivity index (χ4n) is 1.47. The van der Waals surface area contributed by atoms with Crippen molar-refractivity contribution in [3.05, 3.63) is 11.6 Å². The Bertz CT molecular complexity index is 458. The van der Waals surface area contributed by atoms with E-state index in [9.17, 15) is 0 Å². The number of aromatic amines is 1. The maximum absolute atomic E-state index is 5.68. The number of nitrogens with zero attached hydrogens (tertiary/aromatic N) is 3. The summed E-state index contributed by atoms with van der Waals surface area (Å²) in [5, 5.41) is 0. The third-order valence-electron chi connectivity index (χ3n) is 2.06. The van der Waals surface area contributed by atoms with Crippen LogP contribution in [0.1, 0.15) is 11.6 Å². The molecule has 2 aromatic rings. The number of fused-ring (bicyclic) bond motifs is 2. The minimum absolute atomic E-state index is 0.508. The second-order valence-corrected chi connectivity index (χ2v) is 2.91. The first kappa shape index (κ1) is 5.93. The Morgan fingerprint density at radius 2 is 2.08 bits per heavy atom. The highest BCUT2D eigenvalue weighted by Gasteiger charge is 2.14. The largest absolute Gasteiger partial charge is 0.382 e. The Morgan fingerprint density at radius 3 is 3.00 bits per heavy atom. The number of nitrogen functional groups attached to an aromatic ring is 1. The third-order valence-corrected chi connectivity index (χ3v) is 2.06. The summed E-state index contributed by atoms with van der Waals surface area (Å²) in [5.41, 5.74) is 7.15. The molecule has 0 saturated heterocycles. The Kier molecular flexibility index (Phi) is 0.861. The fourth-order valence-corrected chi connectivity index (χ4v) is 1.47. The van der Waals surface area contributed by atoms with Crippen LogP contribution in [0.4, 0.5) is 5.82 Å². The van der Waals surface area contributed by atoms with E-state index in [-0.39, 0.29) is 0 Å². The first-order valence-electron chi connectivity index (χ1n) is 3.84. The second-order valence-electron chi connectivity index (χ2n) is 2.91. The van der Waals surface area contributed by atoms with Gasteiger partial charge in [0.1, 0.15) is 17.2 Å². The van der Waals surface area contributed by atoms with Crippen molar-refractivity contribution in [2.75, 3.05) is 5.73 Å². The zero-order chi connectivity index (χ0) is 8.13. The summed E-state index contributed by atoms with van der Waals surface area (Å²) >= 11 is 0. The average molecular weight is 161 g/mol. The molecular weight excluding hydrogens is 154 g/mol. The van der Waals surface area contributed by atoms with Crippen LogP contribution in [0, 0.1) is 0 Å². The van der Waals surface area contributed by atoms with Gasteiger partial charge in [-0.25, -0.2) is 15.0 Å². The van der Waals surface area contributed by atoms with E-state index in [0.717, 1.165) is 30.0 Å². The van der Waals surface area contributed by atoms with E-state index >= 15 is 0 Å². The average Bonchev–Trinajstić information content (AvgIpc) is 2.33. The summed E-state index contributed by atoms with van der Waals surface area (Å²) in [6.07, 6.45) is 1.70. The summed E-state index contributed by atoms with van der Waals surface area (Å²) < 4.78 is 0. The van der Waals surface area contributed by atoms with Gasteiger partial charge < -0.3 is 10.7 Å². The lowest BCUT2D eigenvalue weighted by Crippen LogP contribution is -2.03. The number of nitrogens with one attached hydrogen (secondary N) is 1. The van der Waals surface area contributed by atoms with Crippen LogP contribution in [0.3, 0.4) is 0 Å². The standard InChI is InChI=1S/C7H7N5/c8-6-5-7-11-3(9-5)1-2-4(10-6)12-7/h1-2H2,(H3,8,9,10,11,12). The molecule has 0 atom stereocenters. The highest BCUT2D eigenvalue weighted by Crippen LogP contribution is 2.19. The number of anilines is 1. The molecule has 0 unspecified atom stereocenters. The molecule has 1 aliphatic rings. The molecule has 3 heterocycles. The molecule has 0 fully saturated rings. The molecule has 5 heteroatoms. The van der Waals surface area contributed by atoms with Gasteiger partial charge in [0.05, 0.1) is 0 Å². The molecule has 0 spiro atoms. The third kappa shape index (κ3) is 0.603. The van der Waals surface area contributed by atoms with Crippen LogP contribution in [-0.4, -0.2) is 19.9 Å². The smallest absolute Gasteiger partial charge is 0.183 e. The highest BCUT2D eigenvalue weighted by atomic mass is 15.1. The molecule has 5 nitrogen and oxygen atoms in total. The molecule has 0 aliphatic carbocycles. The van der Waals surface area contributed by atoms with Crippen LogP contribution in [0.2, 0.25) is 0 Å². The van der Waals surface area contributed by atoms with Gasteiger partial charge in [-0.2, -0.15) is 0 Å².